The van der Waals surface area contributed by atoms with E-state index in [0.29, 0.717) is 28.8 Å². The Balaban J connectivity index is 1.04. The molecule has 10 nitrogen and oxygen atoms in total. The number of hydrogen-bond acceptors (Lipinski definition) is 10. The van der Waals surface area contributed by atoms with Crippen molar-refractivity contribution in [1.29, 1.82) is 0 Å². The lowest BCUT2D eigenvalue weighted by Gasteiger charge is -2.31. The van der Waals surface area contributed by atoms with Gasteiger partial charge in [-0.25, -0.2) is 0 Å². The Morgan fingerprint density at radius 2 is 1.90 bits per heavy atom. The van der Waals surface area contributed by atoms with Gasteiger partial charge in [0, 0.05) is 38.3 Å². The number of likely N-dealkylation sites (tertiary alicyclic amines) is 1. The molecule has 2 saturated heterocycles. The molecule has 1 unspecified atom stereocenters. The molecule has 3 aromatic rings. The van der Waals surface area contributed by atoms with Gasteiger partial charge in [0.05, 0.1) is 0 Å². The fourth-order valence-electron chi connectivity index (χ4n) is 5.20. The average molecular weight is 577 g/mol. The zero-order valence-electron chi connectivity index (χ0n) is 22.0. The normalized spacial score (nSPS) is 18.6. The Bertz CT molecular complexity index is 1280. The number of anilines is 3. The van der Waals surface area contributed by atoms with Crippen molar-refractivity contribution in [2.24, 2.45) is 5.92 Å². The molecular formula is C26H31F3N8O2S. The Hall–Kier alpha value is -3.52. The van der Waals surface area contributed by atoms with Crippen molar-refractivity contribution in [2.75, 3.05) is 41.7 Å². The van der Waals surface area contributed by atoms with Crippen molar-refractivity contribution in [3.05, 3.63) is 47.7 Å². The van der Waals surface area contributed by atoms with Gasteiger partial charge in [0.25, 0.3) is 0 Å². The van der Waals surface area contributed by atoms with Crippen molar-refractivity contribution in [3.63, 3.8) is 0 Å². The first-order chi connectivity index (χ1) is 19.2. The summed E-state index contributed by atoms with van der Waals surface area (Å²) in [6, 6.07) is 8.69. The maximum absolute atomic E-state index is 12.7. The van der Waals surface area contributed by atoms with Crippen LogP contribution in [0.25, 0.3) is 0 Å². The summed E-state index contributed by atoms with van der Waals surface area (Å²) in [6.45, 7) is 5.47. The first kappa shape index (κ1) is 28.0. The highest BCUT2D eigenvalue weighted by molar-refractivity contribution is 7.19. The summed E-state index contributed by atoms with van der Waals surface area (Å²) in [4.78, 5) is 17.0. The predicted octanol–water partition coefficient (Wildman–Crippen LogP) is 4.47. The maximum Gasteiger partial charge on any atom is 0.573 e. The number of aryl methyl sites for hydroxylation is 1. The number of piperidine rings is 1. The van der Waals surface area contributed by atoms with Crippen LogP contribution in [0, 0.1) is 12.8 Å². The highest BCUT2D eigenvalue weighted by Gasteiger charge is 2.31. The summed E-state index contributed by atoms with van der Waals surface area (Å²) in [6.07, 6.45) is -0.0771. The van der Waals surface area contributed by atoms with Gasteiger partial charge in [0.2, 0.25) is 16.2 Å². The molecule has 5 rings (SSSR count). The Morgan fingerprint density at radius 1 is 1.10 bits per heavy atom. The second-order valence-electron chi connectivity index (χ2n) is 10.2. The van der Waals surface area contributed by atoms with E-state index in [1.165, 1.54) is 23.5 Å². The van der Waals surface area contributed by atoms with Crippen LogP contribution < -0.4 is 20.3 Å². The molecule has 1 amide bonds. The Labute approximate surface area is 233 Å². The van der Waals surface area contributed by atoms with Gasteiger partial charge < -0.3 is 20.3 Å². The standard InChI is InChI=1S/C26H31F3N8O2S/c1-17-11-19(13-21(12-17)39-26(27,28)29)15-36-8-4-18(5-9-36)14-23(38)32-25-35-34-24(40-25)31-20-6-10-37(16-20)22-3-2-7-30-33-22/h2-3,7,11-13,18,20H,4-6,8-10,14-16H2,1H3,(H,31,34)(H,32,35,38). The average Bonchev–Trinajstić information content (AvgIpc) is 3.54. The number of nitrogens with one attached hydrogen (secondary N) is 2. The van der Waals surface area contributed by atoms with Crippen LogP contribution in [0.1, 0.15) is 36.8 Å². The highest BCUT2D eigenvalue weighted by atomic mass is 32.1. The molecule has 2 aromatic heterocycles. The third-order valence-corrected chi connectivity index (χ3v) is 7.77. The molecule has 0 aliphatic carbocycles. The monoisotopic (exact) mass is 576 g/mol. The summed E-state index contributed by atoms with van der Waals surface area (Å²) < 4.78 is 41.9. The van der Waals surface area contributed by atoms with E-state index >= 15 is 0 Å². The van der Waals surface area contributed by atoms with E-state index in [4.69, 9.17) is 0 Å². The van der Waals surface area contributed by atoms with Crippen molar-refractivity contribution >= 4 is 33.3 Å². The van der Waals surface area contributed by atoms with Crippen LogP contribution in [0.5, 0.6) is 5.75 Å². The topological polar surface area (TPSA) is 108 Å². The Morgan fingerprint density at radius 3 is 2.65 bits per heavy atom. The van der Waals surface area contributed by atoms with Gasteiger partial charge in [-0.15, -0.1) is 28.5 Å². The molecule has 2 N–H and O–H groups in total. The molecule has 1 atom stereocenters. The number of ether oxygens (including phenoxy) is 1. The summed E-state index contributed by atoms with van der Waals surface area (Å²) in [5.74, 6) is 0.788. The molecule has 1 aromatic carbocycles. The molecule has 14 heteroatoms. The summed E-state index contributed by atoms with van der Waals surface area (Å²) in [5, 5.41) is 23.8. The fraction of sp³-hybridized carbons (Fsp3) is 0.500. The van der Waals surface area contributed by atoms with Crippen LogP contribution >= 0.6 is 11.3 Å². The number of aromatic nitrogens is 4. The van der Waals surface area contributed by atoms with Crippen LogP contribution in [-0.4, -0.2) is 69.8 Å². The highest BCUT2D eigenvalue weighted by Crippen LogP contribution is 2.28. The molecule has 2 aliphatic rings. The summed E-state index contributed by atoms with van der Waals surface area (Å²) >= 11 is 1.31. The zero-order chi connectivity index (χ0) is 28.1. The van der Waals surface area contributed by atoms with Gasteiger partial charge in [-0.1, -0.05) is 17.4 Å². The van der Waals surface area contributed by atoms with E-state index in [1.807, 2.05) is 18.2 Å². The van der Waals surface area contributed by atoms with Crippen LogP contribution in [0.15, 0.2) is 36.5 Å². The lowest BCUT2D eigenvalue weighted by molar-refractivity contribution is -0.274. The van der Waals surface area contributed by atoms with Gasteiger partial charge in [0.1, 0.15) is 5.75 Å². The summed E-state index contributed by atoms with van der Waals surface area (Å²) in [7, 11) is 0. The third kappa shape index (κ3) is 8.01. The van der Waals surface area contributed by atoms with Gasteiger partial charge in [-0.2, -0.15) is 5.10 Å². The predicted molar refractivity (Wildman–Crippen MR) is 145 cm³/mol. The summed E-state index contributed by atoms with van der Waals surface area (Å²) in [5.41, 5.74) is 1.49. The van der Waals surface area contributed by atoms with Crippen LogP contribution in [-0.2, 0) is 11.3 Å². The molecule has 0 spiro atoms. The largest absolute Gasteiger partial charge is 0.573 e. The van der Waals surface area contributed by atoms with Gasteiger partial charge >= 0.3 is 6.36 Å². The van der Waals surface area contributed by atoms with Crippen molar-refractivity contribution in [1.82, 2.24) is 25.3 Å². The number of alkyl halides is 3. The lowest BCUT2D eigenvalue weighted by atomic mass is 9.93. The van der Waals surface area contributed by atoms with Crippen molar-refractivity contribution in [2.45, 2.75) is 51.6 Å². The minimum Gasteiger partial charge on any atom is -0.406 e. The molecule has 2 fully saturated rings. The zero-order valence-corrected chi connectivity index (χ0v) is 22.8. The fourth-order valence-corrected chi connectivity index (χ4v) is 5.94. The molecule has 0 radical (unpaired) electrons. The lowest BCUT2D eigenvalue weighted by Crippen LogP contribution is -2.34. The number of halogens is 3. The molecule has 2 aliphatic heterocycles. The number of rotatable bonds is 9. The second kappa shape index (κ2) is 12.3. The number of benzene rings is 1. The van der Waals surface area contributed by atoms with E-state index in [-0.39, 0.29) is 23.6 Å². The number of carbonyl (C=O) groups is 1. The van der Waals surface area contributed by atoms with Crippen molar-refractivity contribution in [3.8, 4) is 5.75 Å². The minimum absolute atomic E-state index is 0.0940. The number of hydrogen-bond donors (Lipinski definition) is 2. The van der Waals surface area contributed by atoms with Crippen LogP contribution in [0.4, 0.5) is 29.3 Å². The molecule has 214 valence electrons. The quantitative estimate of drug-likeness (QED) is 0.382. The van der Waals surface area contributed by atoms with Gasteiger partial charge in [0.15, 0.2) is 5.82 Å². The van der Waals surface area contributed by atoms with E-state index in [1.54, 1.807) is 13.1 Å². The van der Waals surface area contributed by atoms with Crippen LogP contribution in [0.3, 0.4) is 0 Å². The number of amides is 1. The first-order valence-corrected chi connectivity index (χ1v) is 14.0. The smallest absolute Gasteiger partial charge is 0.406 e. The number of nitrogens with zero attached hydrogens (tertiary/aromatic N) is 6. The number of carbonyl (C=O) groups excluding carboxylic acids is 1. The van der Waals surface area contributed by atoms with Gasteiger partial charge in [-0.05, 0) is 80.6 Å². The first-order valence-electron chi connectivity index (χ1n) is 13.2. The minimum atomic E-state index is -4.72. The van der Waals surface area contributed by atoms with Crippen molar-refractivity contribution < 1.29 is 22.7 Å². The Kier molecular flexibility index (Phi) is 8.64. The molecule has 0 bridgehead atoms. The molecule has 0 saturated carbocycles. The molecular weight excluding hydrogens is 545 g/mol. The van der Waals surface area contributed by atoms with E-state index < -0.39 is 6.36 Å². The maximum atomic E-state index is 12.7. The second-order valence-corrected chi connectivity index (χ2v) is 11.2. The third-order valence-electron chi connectivity index (χ3n) is 7.00. The van der Waals surface area contributed by atoms with E-state index in [9.17, 15) is 18.0 Å². The van der Waals surface area contributed by atoms with Crippen LogP contribution in [0.2, 0.25) is 0 Å². The SMILES string of the molecule is Cc1cc(CN2CCC(CC(=O)Nc3nnc(NC4CCN(c5cccnn5)C4)s3)CC2)cc(OC(F)(F)F)c1. The van der Waals surface area contributed by atoms with E-state index in [0.717, 1.165) is 56.8 Å². The molecule has 40 heavy (non-hydrogen) atoms. The van der Waals surface area contributed by atoms with Gasteiger partial charge in [-0.3, -0.25) is 9.69 Å². The van der Waals surface area contributed by atoms with E-state index in [2.05, 4.69) is 45.6 Å². The molecule has 4 heterocycles.